The molecule has 0 saturated carbocycles. The summed E-state index contributed by atoms with van der Waals surface area (Å²) >= 11 is 0. The lowest BCUT2D eigenvalue weighted by Gasteiger charge is -2.31. The minimum atomic E-state index is 0.982. The Morgan fingerprint density at radius 3 is 2.79 bits per heavy atom. The summed E-state index contributed by atoms with van der Waals surface area (Å²) in [5.74, 6) is 1.01. The molecule has 0 fully saturated rings. The van der Waals surface area contributed by atoms with Crippen LogP contribution in [0.3, 0.4) is 0 Å². The molecule has 1 aromatic carbocycles. The summed E-state index contributed by atoms with van der Waals surface area (Å²) in [6.07, 6.45) is 1.12. The number of hydrogen-bond acceptors (Lipinski definition) is 2. The van der Waals surface area contributed by atoms with E-state index in [2.05, 4.69) is 41.1 Å². The number of nitrogens with zero attached hydrogens (tertiary/aromatic N) is 1. The van der Waals surface area contributed by atoms with Crippen LogP contribution in [-0.2, 0) is 13.0 Å². The Morgan fingerprint density at radius 1 is 1.36 bits per heavy atom. The minimum absolute atomic E-state index is 0.982. The van der Waals surface area contributed by atoms with E-state index in [4.69, 9.17) is 0 Å². The van der Waals surface area contributed by atoms with Crippen molar-refractivity contribution in [2.24, 2.45) is 0 Å². The van der Waals surface area contributed by atoms with Gasteiger partial charge in [-0.15, -0.1) is 0 Å². The van der Waals surface area contributed by atoms with Crippen LogP contribution in [0.5, 0.6) is 0 Å². The van der Waals surface area contributed by atoms with Crippen molar-refractivity contribution in [3.05, 3.63) is 47.8 Å². The van der Waals surface area contributed by atoms with Crippen LogP contribution in [0.2, 0.25) is 0 Å². The molecule has 0 radical (unpaired) electrons. The van der Waals surface area contributed by atoms with Gasteiger partial charge >= 0.3 is 0 Å². The topological polar surface area (TPSA) is 15.3 Å². The number of nitrogens with one attached hydrogen (secondary N) is 1. The van der Waals surface area contributed by atoms with Gasteiger partial charge in [0, 0.05) is 20.1 Å². The van der Waals surface area contributed by atoms with Crippen molar-refractivity contribution in [3.8, 4) is 0 Å². The van der Waals surface area contributed by atoms with E-state index in [0.29, 0.717) is 0 Å². The van der Waals surface area contributed by atoms with E-state index in [-0.39, 0.29) is 0 Å². The second kappa shape index (κ2) is 3.74. The number of fused-ring (bicyclic) bond motifs is 1. The van der Waals surface area contributed by atoms with E-state index in [1.807, 2.05) is 7.05 Å². The summed E-state index contributed by atoms with van der Waals surface area (Å²) in [6, 6.07) is 8.63. The van der Waals surface area contributed by atoms with Gasteiger partial charge in [0.1, 0.15) is 0 Å². The predicted octanol–water partition coefficient (Wildman–Crippen LogP) is 1.74. The molecule has 74 valence electrons. The Hall–Kier alpha value is -1.44. The smallest absolute Gasteiger partial charge is 0.0939 e. The monoisotopic (exact) mass is 188 g/mol. The van der Waals surface area contributed by atoms with Crippen LogP contribution in [-0.4, -0.2) is 18.5 Å². The second-order valence-electron chi connectivity index (χ2n) is 3.64. The third-order valence-electron chi connectivity index (χ3n) is 2.80. The van der Waals surface area contributed by atoms with Crippen LogP contribution in [0, 0.1) is 0 Å². The fourth-order valence-electron chi connectivity index (χ4n) is 1.88. The second-order valence-corrected chi connectivity index (χ2v) is 3.64. The van der Waals surface area contributed by atoms with Crippen molar-refractivity contribution >= 4 is 0 Å². The molecule has 1 heterocycles. The molecule has 2 nitrogen and oxygen atoms in total. The van der Waals surface area contributed by atoms with Gasteiger partial charge in [-0.2, -0.15) is 0 Å². The minimum Gasteiger partial charge on any atom is -0.375 e. The maximum Gasteiger partial charge on any atom is 0.0939 e. The van der Waals surface area contributed by atoms with Crippen molar-refractivity contribution in [1.82, 2.24) is 10.2 Å². The highest BCUT2D eigenvalue weighted by Crippen LogP contribution is 2.19. The molecule has 0 unspecified atom stereocenters. The van der Waals surface area contributed by atoms with E-state index in [1.165, 1.54) is 11.1 Å². The average Bonchev–Trinajstić information content (AvgIpc) is 2.27. The van der Waals surface area contributed by atoms with Crippen LogP contribution in [0.1, 0.15) is 11.1 Å². The van der Waals surface area contributed by atoms with Crippen molar-refractivity contribution in [3.63, 3.8) is 0 Å². The largest absolute Gasteiger partial charge is 0.375 e. The van der Waals surface area contributed by atoms with E-state index >= 15 is 0 Å². The molecule has 14 heavy (non-hydrogen) atoms. The maximum absolute atomic E-state index is 3.98. The highest BCUT2D eigenvalue weighted by molar-refractivity contribution is 5.29. The molecule has 2 rings (SSSR count). The number of benzene rings is 1. The van der Waals surface area contributed by atoms with Gasteiger partial charge in [0.05, 0.1) is 5.82 Å². The quantitative estimate of drug-likeness (QED) is 0.760. The molecule has 1 aliphatic heterocycles. The normalized spacial score (nSPS) is 14.8. The van der Waals surface area contributed by atoms with Crippen LogP contribution >= 0.6 is 0 Å². The van der Waals surface area contributed by atoms with Gasteiger partial charge in [-0.1, -0.05) is 30.8 Å². The van der Waals surface area contributed by atoms with Gasteiger partial charge in [0.15, 0.2) is 0 Å². The zero-order valence-electron chi connectivity index (χ0n) is 8.59. The van der Waals surface area contributed by atoms with Crippen LogP contribution in [0.15, 0.2) is 36.7 Å². The van der Waals surface area contributed by atoms with Crippen molar-refractivity contribution in [2.45, 2.75) is 13.0 Å². The van der Waals surface area contributed by atoms with Gasteiger partial charge in [0.2, 0.25) is 0 Å². The highest BCUT2D eigenvalue weighted by Gasteiger charge is 2.15. The Kier molecular flexibility index (Phi) is 2.44. The fourth-order valence-corrected chi connectivity index (χ4v) is 1.88. The van der Waals surface area contributed by atoms with Gasteiger partial charge < -0.3 is 10.2 Å². The summed E-state index contributed by atoms with van der Waals surface area (Å²) in [6.45, 7) is 6.03. The molecule has 0 aliphatic carbocycles. The van der Waals surface area contributed by atoms with Gasteiger partial charge in [-0.05, 0) is 17.5 Å². The lowest BCUT2D eigenvalue weighted by atomic mass is 10.0. The first-order valence-electron chi connectivity index (χ1n) is 4.99. The van der Waals surface area contributed by atoms with Gasteiger partial charge in [0.25, 0.3) is 0 Å². The molecule has 0 aromatic heterocycles. The summed E-state index contributed by atoms with van der Waals surface area (Å²) in [7, 11) is 1.92. The molecular weight excluding hydrogens is 172 g/mol. The van der Waals surface area contributed by atoms with Crippen LogP contribution in [0.4, 0.5) is 0 Å². The molecule has 1 aromatic rings. The predicted molar refractivity (Wildman–Crippen MR) is 58.8 cm³/mol. The molecule has 0 saturated heterocycles. The van der Waals surface area contributed by atoms with Crippen LogP contribution < -0.4 is 5.32 Å². The number of rotatable bonds is 2. The van der Waals surface area contributed by atoms with E-state index in [1.54, 1.807) is 0 Å². The Morgan fingerprint density at radius 2 is 2.07 bits per heavy atom. The summed E-state index contributed by atoms with van der Waals surface area (Å²) in [5, 5.41) is 3.10. The molecule has 0 spiro atoms. The Balaban J connectivity index is 2.17. The van der Waals surface area contributed by atoms with Crippen molar-refractivity contribution in [2.75, 3.05) is 13.6 Å². The van der Waals surface area contributed by atoms with Crippen molar-refractivity contribution < 1.29 is 0 Å². The Bertz CT molecular complexity index is 344. The van der Waals surface area contributed by atoms with E-state index in [9.17, 15) is 0 Å². The van der Waals surface area contributed by atoms with Gasteiger partial charge in [-0.25, -0.2) is 0 Å². The molecule has 1 N–H and O–H groups in total. The zero-order chi connectivity index (χ0) is 9.97. The molecule has 0 atom stereocenters. The first-order valence-corrected chi connectivity index (χ1v) is 4.99. The number of hydrogen-bond donors (Lipinski definition) is 1. The standard InChI is InChI=1S/C12H16N2/c1-10(13-2)14-8-7-11-5-3-4-6-12(11)9-14/h3-6,13H,1,7-9H2,2H3. The molecular formula is C12H16N2. The average molecular weight is 188 g/mol. The van der Waals surface area contributed by atoms with E-state index in [0.717, 1.165) is 25.3 Å². The van der Waals surface area contributed by atoms with E-state index < -0.39 is 0 Å². The maximum atomic E-state index is 3.98. The molecule has 0 bridgehead atoms. The third-order valence-corrected chi connectivity index (χ3v) is 2.80. The molecule has 0 amide bonds. The van der Waals surface area contributed by atoms with Gasteiger partial charge in [-0.3, -0.25) is 0 Å². The summed E-state index contributed by atoms with van der Waals surface area (Å²) in [5.41, 5.74) is 2.91. The lowest BCUT2D eigenvalue weighted by molar-refractivity contribution is 0.306. The fraction of sp³-hybridized carbons (Fsp3) is 0.333. The first-order chi connectivity index (χ1) is 6.81. The molecule has 2 heteroatoms. The third kappa shape index (κ3) is 1.60. The van der Waals surface area contributed by atoms with Crippen LogP contribution in [0.25, 0.3) is 0 Å². The SMILES string of the molecule is C=C(NC)N1CCc2ccccc2C1. The lowest BCUT2D eigenvalue weighted by Crippen LogP contribution is -2.34. The highest BCUT2D eigenvalue weighted by atomic mass is 15.2. The summed E-state index contributed by atoms with van der Waals surface area (Å²) in [4.78, 5) is 2.28. The zero-order valence-corrected chi connectivity index (χ0v) is 8.59. The Labute approximate surface area is 85.2 Å². The molecule has 1 aliphatic rings. The summed E-state index contributed by atoms with van der Waals surface area (Å²) < 4.78 is 0. The first kappa shape index (κ1) is 9.13. The van der Waals surface area contributed by atoms with Crippen molar-refractivity contribution in [1.29, 1.82) is 0 Å².